The number of rotatable bonds is 2. The van der Waals surface area contributed by atoms with Gasteiger partial charge in [0.25, 0.3) is 0 Å². The third-order valence-electron chi connectivity index (χ3n) is 1.19. The molecule has 44 valence electrons. The van der Waals surface area contributed by atoms with Crippen LogP contribution in [0.4, 0.5) is 0 Å². The molecule has 0 bridgehead atoms. The van der Waals surface area contributed by atoms with Gasteiger partial charge in [-0.15, -0.1) is 0 Å². The second-order valence-corrected chi connectivity index (χ2v) is 1.80. The molecular weight excluding hydrogens is 256 g/mol. The minimum absolute atomic E-state index is 0. The van der Waals surface area contributed by atoms with Crippen LogP contribution in [0.15, 0.2) is 0 Å². The summed E-state index contributed by atoms with van der Waals surface area (Å²) in [6, 6.07) is 0. The fourth-order valence-electron chi connectivity index (χ4n) is 0.204. The van der Waals surface area contributed by atoms with E-state index in [1.165, 1.54) is 6.42 Å². The summed E-state index contributed by atoms with van der Waals surface area (Å²) in [6.07, 6.45) is 2.35. The minimum atomic E-state index is 0. The molecule has 0 aromatic heterocycles. The van der Waals surface area contributed by atoms with Gasteiger partial charge < -0.3 is 6.92 Å². The molecule has 0 N–H and O–H groups in total. The molecule has 0 rings (SSSR count). The predicted molar refractivity (Wildman–Crippen MR) is 29.4 cm³/mol. The first kappa shape index (κ1) is 10.6. The first-order chi connectivity index (χ1) is 2.81. The molecule has 1 heteroatoms. The molecule has 0 amide bonds. The van der Waals surface area contributed by atoms with E-state index in [-0.39, 0.29) is 21.1 Å². The van der Waals surface area contributed by atoms with E-state index in [4.69, 9.17) is 0 Å². The van der Waals surface area contributed by atoms with Gasteiger partial charge in [0.1, 0.15) is 0 Å². The van der Waals surface area contributed by atoms with Gasteiger partial charge in [-0.3, -0.25) is 0 Å². The van der Waals surface area contributed by atoms with Crippen LogP contribution in [0.3, 0.4) is 0 Å². The second-order valence-electron chi connectivity index (χ2n) is 1.80. The third-order valence-corrected chi connectivity index (χ3v) is 1.19. The Morgan fingerprint density at radius 1 is 1.57 bits per heavy atom. The van der Waals surface area contributed by atoms with Gasteiger partial charge >= 0.3 is 0 Å². The van der Waals surface area contributed by atoms with Gasteiger partial charge in [-0.2, -0.15) is 6.42 Å². The van der Waals surface area contributed by atoms with E-state index in [1.54, 1.807) is 0 Å². The molecule has 0 nitrogen and oxygen atoms in total. The number of hydrogen-bond donors (Lipinski definition) is 0. The summed E-state index contributed by atoms with van der Waals surface area (Å²) in [5.74, 6) is 0.824. The maximum atomic E-state index is 3.76. The molecule has 0 saturated heterocycles. The standard InChI is InChI=1S/C6H13.W/c1-4-6(3)5-2;/h6H,1,4-5H2,2-3H3;/q-1;/t6-;/m0./s1. The molecule has 0 aliphatic rings. The molecule has 0 radical (unpaired) electrons. The van der Waals surface area contributed by atoms with Gasteiger partial charge in [-0.1, -0.05) is 26.2 Å². The van der Waals surface area contributed by atoms with Gasteiger partial charge in [0, 0.05) is 21.1 Å². The van der Waals surface area contributed by atoms with Gasteiger partial charge in [-0.25, -0.2) is 0 Å². The van der Waals surface area contributed by atoms with Crippen molar-refractivity contribution in [1.29, 1.82) is 0 Å². The van der Waals surface area contributed by atoms with Gasteiger partial charge in [0.2, 0.25) is 0 Å². The topological polar surface area (TPSA) is 0 Å². The molecule has 0 unspecified atom stereocenters. The van der Waals surface area contributed by atoms with E-state index in [0.717, 1.165) is 12.3 Å². The van der Waals surface area contributed by atoms with Crippen molar-refractivity contribution in [3.8, 4) is 0 Å². The quantitative estimate of drug-likeness (QED) is 0.674. The Morgan fingerprint density at radius 2 is 2.00 bits per heavy atom. The zero-order valence-corrected chi connectivity index (χ0v) is 8.04. The van der Waals surface area contributed by atoms with Crippen molar-refractivity contribution in [1.82, 2.24) is 0 Å². The molecule has 1 atom stereocenters. The van der Waals surface area contributed by atoms with Gasteiger partial charge in [-0.05, 0) is 0 Å². The van der Waals surface area contributed by atoms with Crippen molar-refractivity contribution in [2.24, 2.45) is 5.92 Å². The fraction of sp³-hybridized carbons (Fsp3) is 0.833. The first-order valence-electron chi connectivity index (χ1n) is 2.60. The van der Waals surface area contributed by atoms with E-state index >= 15 is 0 Å². The predicted octanol–water partition coefficient (Wildman–Crippen LogP) is 2.25. The largest absolute Gasteiger partial charge is 0.343 e. The first-order valence-corrected chi connectivity index (χ1v) is 2.60. The van der Waals surface area contributed by atoms with Crippen LogP contribution in [-0.2, 0) is 21.1 Å². The molecule has 0 saturated carbocycles. The average molecular weight is 269 g/mol. The van der Waals surface area contributed by atoms with Crippen molar-refractivity contribution in [2.75, 3.05) is 0 Å². The molecule has 0 aliphatic heterocycles. The van der Waals surface area contributed by atoms with E-state index in [1.807, 2.05) is 0 Å². The Balaban J connectivity index is 0. The fourth-order valence-corrected chi connectivity index (χ4v) is 0.204. The van der Waals surface area contributed by atoms with Crippen molar-refractivity contribution >= 4 is 0 Å². The van der Waals surface area contributed by atoms with Crippen molar-refractivity contribution in [2.45, 2.75) is 26.7 Å². The van der Waals surface area contributed by atoms with Crippen LogP contribution < -0.4 is 0 Å². The monoisotopic (exact) mass is 269 g/mol. The zero-order valence-electron chi connectivity index (χ0n) is 5.11. The van der Waals surface area contributed by atoms with Crippen LogP contribution in [0.2, 0.25) is 0 Å². The Labute approximate surface area is 61.0 Å². The SMILES string of the molecule is [CH2-]C[C@H](C)CC.[W]. The minimum Gasteiger partial charge on any atom is -0.343 e. The maximum absolute atomic E-state index is 3.76. The van der Waals surface area contributed by atoms with Crippen molar-refractivity contribution in [3.63, 3.8) is 0 Å². The smallest absolute Gasteiger partial charge is 0 e. The molecule has 0 heterocycles. The molecule has 0 spiro atoms. The Morgan fingerprint density at radius 3 is 2.00 bits per heavy atom. The summed E-state index contributed by atoms with van der Waals surface area (Å²) in [5.41, 5.74) is 0. The van der Waals surface area contributed by atoms with Crippen LogP contribution in [-0.4, -0.2) is 0 Å². The van der Waals surface area contributed by atoms with E-state index < -0.39 is 0 Å². The molecule has 0 aliphatic carbocycles. The zero-order chi connectivity index (χ0) is 4.99. The summed E-state index contributed by atoms with van der Waals surface area (Å²) < 4.78 is 0. The molecule has 0 aromatic rings. The van der Waals surface area contributed by atoms with Gasteiger partial charge in [0.05, 0.1) is 0 Å². The van der Waals surface area contributed by atoms with Crippen LogP contribution in [0, 0.1) is 12.8 Å². The van der Waals surface area contributed by atoms with Crippen LogP contribution in [0.25, 0.3) is 0 Å². The summed E-state index contributed by atoms with van der Waals surface area (Å²) in [4.78, 5) is 0. The van der Waals surface area contributed by atoms with Crippen LogP contribution in [0.5, 0.6) is 0 Å². The normalized spacial score (nSPS) is 12.4. The van der Waals surface area contributed by atoms with E-state index in [9.17, 15) is 0 Å². The summed E-state index contributed by atoms with van der Waals surface area (Å²) in [7, 11) is 0. The summed E-state index contributed by atoms with van der Waals surface area (Å²) in [6.45, 7) is 8.16. The van der Waals surface area contributed by atoms with E-state index in [0.29, 0.717) is 0 Å². The third kappa shape index (κ3) is 6.69. The molecule has 7 heavy (non-hydrogen) atoms. The van der Waals surface area contributed by atoms with Crippen molar-refractivity contribution in [3.05, 3.63) is 6.92 Å². The average Bonchev–Trinajstić information content (AvgIpc) is 1.65. The van der Waals surface area contributed by atoms with Crippen LogP contribution in [0.1, 0.15) is 26.7 Å². The summed E-state index contributed by atoms with van der Waals surface area (Å²) >= 11 is 0. The molecule has 0 aromatic carbocycles. The van der Waals surface area contributed by atoms with Gasteiger partial charge in [0.15, 0.2) is 0 Å². The van der Waals surface area contributed by atoms with E-state index in [2.05, 4.69) is 20.8 Å². The number of hydrogen-bond acceptors (Lipinski definition) is 0. The summed E-state index contributed by atoms with van der Waals surface area (Å²) in [5, 5.41) is 0. The molecular formula is C6H13W-. The Kier molecular flexibility index (Phi) is 10.2. The second kappa shape index (κ2) is 6.69. The Bertz CT molecular complexity index is 23.4. The molecule has 0 fully saturated rings. The van der Waals surface area contributed by atoms with Crippen molar-refractivity contribution < 1.29 is 21.1 Å². The maximum Gasteiger partial charge on any atom is 0 e. The Hall–Kier alpha value is 0.688. The van der Waals surface area contributed by atoms with Crippen LogP contribution >= 0.6 is 0 Å².